The van der Waals surface area contributed by atoms with Gasteiger partial charge in [-0.3, -0.25) is 4.90 Å². The highest BCUT2D eigenvalue weighted by Crippen LogP contribution is 2.40. The fourth-order valence-corrected chi connectivity index (χ4v) is 4.53. The van der Waals surface area contributed by atoms with Crippen LogP contribution in [0.25, 0.3) is 0 Å². The van der Waals surface area contributed by atoms with Crippen molar-refractivity contribution in [2.24, 2.45) is 5.73 Å². The van der Waals surface area contributed by atoms with Crippen molar-refractivity contribution in [1.82, 2.24) is 4.90 Å². The molecule has 2 N–H and O–H groups in total. The van der Waals surface area contributed by atoms with E-state index in [1.165, 1.54) is 27.1 Å². The third kappa shape index (κ3) is 3.75. The average molecular weight is 365 g/mol. The molecule has 112 valence electrons. The van der Waals surface area contributed by atoms with Gasteiger partial charge in [0.2, 0.25) is 0 Å². The van der Waals surface area contributed by atoms with Crippen LogP contribution in [0.4, 0.5) is 0 Å². The maximum absolute atomic E-state index is 6.35. The SMILES string of the molecule is CC(N)C(c1ccc(Br)s1)N(Cc1ccccc1)C1CC1. The molecule has 3 rings (SSSR count). The van der Waals surface area contributed by atoms with Crippen molar-refractivity contribution in [3.05, 3.63) is 56.7 Å². The van der Waals surface area contributed by atoms with E-state index in [2.05, 4.69) is 70.2 Å². The average Bonchev–Trinajstić information content (AvgIpc) is 3.22. The Morgan fingerprint density at radius 2 is 1.95 bits per heavy atom. The topological polar surface area (TPSA) is 29.3 Å². The molecule has 0 aliphatic heterocycles. The summed E-state index contributed by atoms with van der Waals surface area (Å²) in [6.45, 7) is 3.10. The zero-order chi connectivity index (χ0) is 14.8. The quantitative estimate of drug-likeness (QED) is 0.813. The molecule has 2 aromatic rings. The molecule has 0 radical (unpaired) electrons. The molecule has 4 heteroatoms. The van der Waals surface area contributed by atoms with Crippen LogP contribution in [0.5, 0.6) is 0 Å². The number of hydrogen-bond donors (Lipinski definition) is 1. The molecule has 1 fully saturated rings. The predicted octanol–water partition coefficient (Wildman–Crippen LogP) is 4.56. The number of nitrogens with two attached hydrogens (primary N) is 1. The zero-order valence-corrected chi connectivity index (χ0v) is 14.6. The molecule has 0 spiro atoms. The van der Waals surface area contributed by atoms with Crippen molar-refractivity contribution in [2.45, 2.75) is 44.4 Å². The first-order chi connectivity index (χ1) is 10.1. The van der Waals surface area contributed by atoms with Gasteiger partial charge in [0, 0.05) is 23.5 Å². The van der Waals surface area contributed by atoms with Crippen molar-refractivity contribution in [2.75, 3.05) is 0 Å². The highest BCUT2D eigenvalue weighted by atomic mass is 79.9. The van der Waals surface area contributed by atoms with E-state index in [0.29, 0.717) is 12.1 Å². The molecular weight excluding hydrogens is 344 g/mol. The molecular formula is C17H21BrN2S. The summed E-state index contributed by atoms with van der Waals surface area (Å²) in [4.78, 5) is 3.96. The van der Waals surface area contributed by atoms with Crippen LogP contribution < -0.4 is 5.73 Å². The van der Waals surface area contributed by atoms with E-state index in [0.717, 1.165) is 6.54 Å². The van der Waals surface area contributed by atoms with Crippen LogP contribution in [0.3, 0.4) is 0 Å². The molecule has 1 saturated carbocycles. The van der Waals surface area contributed by atoms with Crippen molar-refractivity contribution in [3.8, 4) is 0 Å². The van der Waals surface area contributed by atoms with Crippen LogP contribution in [0.2, 0.25) is 0 Å². The Morgan fingerprint density at radius 1 is 1.24 bits per heavy atom. The number of rotatable bonds is 6. The fourth-order valence-electron chi connectivity index (χ4n) is 2.87. The predicted molar refractivity (Wildman–Crippen MR) is 93.4 cm³/mol. The first-order valence-corrected chi connectivity index (χ1v) is 9.06. The Balaban J connectivity index is 1.86. The summed E-state index contributed by atoms with van der Waals surface area (Å²) in [7, 11) is 0. The number of hydrogen-bond acceptors (Lipinski definition) is 3. The number of benzene rings is 1. The number of halogens is 1. The standard InChI is InChI=1S/C17H21BrN2S/c1-12(19)17(15-9-10-16(18)21-15)20(14-7-8-14)11-13-5-3-2-4-6-13/h2-6,9-10,12,14,17H,7-8,11,19H2,1H3. The van der Waals surface area contributed by atoms with Gasteiger partial charge in [0.05, 0.1) is 9.83 Å². The van der Waals surface area contributed by atoms with Gasteiger partial charge in [-0.1, -0.05) is 30.3 Å². The van der Waals surface area contributed by atoms with E-state index >= 15 is 0 Å². The molecule has 0 saturated heterocycles. The number of nitrogens with zero attached hydrogens (tertiary/aromatic N) is 1. The second-order valence-electron chi connectivity index (χ2n) is 5.83. The molecule has 1 aromatic heterocycles. The molecule has 1 heterocycles. The lowest BCUT2D eigenvalue weighted by Gasteiger charge is -2.34. The fraction of sp³-hybridized carbons (Fsp3) is 0.412. The van der Waals surface area contributed by atoms with E-state index in [4.69, 9.17) is 5.73 Å². The second kappa shape index (κ2) is 6.61. The monoisotopic (exact) mass is 364 g/mol. The first kappa shape index (κ1) is 15.2. The Hall–Kier alpha value is -0.680. The van der Waals surface area contributed by atoms with E-state index in [1.807, 2.05) is 0 Å². The zero-order valence-electron chi connectivity index (χ0n) is 12.2. The summed E-state index contributed by atoms with van der Waals surface area (Å²) >= 11 is 5.38. The van der Waals surface area contributed by atoms with Gasteiger partial charge in [0.1, 0.15) is 0 Å². The molecule has 1 aromatic carbocycles. The van der Waals surface area contributed by atoms with Gasteiger partial charge in [0.25, 0.3) is 0 Å². The molecule has 2 atom stereocenters. The Labute approximate surface area is 139 Å². The number of thiophene rings is 1. The molecule has 1 aliphatic rings. The minimum Gasteiger partial charge on any atom is -0.326 e. The largest absolute Gasteiger partial charge is 0.326 e. The summed E-state index contributed by atoms with van der Waals surface area (Å²) in [5.41, 5.74) is 7.71. The van der Waals surface area contributed by atoms with Crippen LogP contribution >= 0.6 is 27.3 Å². The molecule has 1 aliphatic carbocycles. The Morgan fingerprint density at radius 3 is 2.48 bits per heavy atom. The van der Waals surface area contributed by atoms with Crippen LogP contribution in [0.15, 0.2) is 46.3 Å². The van der Waals surface area contributed by atoms with Crippen molar-refractivity contribution >= 4 is 27.3 Å². The maximum atomic E-state index is 6.35. The van der Waals surface area contributed by atoms with E-state index in [-0.39, 0.29) is 6.04 Å². The van der Waals surface area contributed by atoms with E-state index in [9.17, 15) is 0 Å². The maximum Gasteiger partial charge on any atom is 0.0702 e. The van der Waals surface area contributed by atoms with Gasteiger partial charge < -0.3 is 5.73 Å². The highest BCUT2D eigenvalue weighted by molar-refractivity contribution is 9.11. The Bertz CT molecular complexity index is 577. The first-order valence-electron chi connectivity index (χ1n) is 7.45. The van der Waals surface area contributed by atoms with E-state index in [1.54, 1.807) is 11.3 Å². The lowest BCUT2D eigenvalue weighted by atomic mass is 10.1. The third-order valence-corrected chi connectivity index (χ3v) is 5.66. The van der Waals surface area contributed by atoms with Crippen molar-refractivity contribution in [1.29, 1.82) is 0 Å². The summed E-state index contributed by atoms with van der Waals surface area (Å²) < 4.78 is 1.18. The van der Waals surface area contributed by atoms with Crippen molar-refractivity contribution in [3.63, 3.8) is 0 Å². The molecule has 21 heavy (non-hydrogen) atoms. The summed E-state index contributed by atoms with van der Waals surface area (Å²) in [6, 6.07) is 16.2. The van der Waals surface area contributed by atoms with Crippen molar-refractivity contribution < 1.29 is 0 Å². The Kier molecular flexibility index (Phi) is 4.79. The molecule has 2 nitrogen and oxygen atoms in total. The highest BCUT2D eigenvalue weighted by Gasteiger charge is 2.36. The summed E-state index contributed by atoms with van der Waals surface area (Å²) in [5, 5.41) is 0. The van der Waals surface area contributed by atoms with E-state index < -0.39 is 0 Å². The van der Waals surface area contributed by atoms with Gasteiger partial charge in [-0.15, -0.1) is 11.3 Å². The molecule has 0 bridgehead atoms. The summed E-state index contributed by atoms with van der Waals surface area (Å²) in [6.07, 6.45) is 2.59. The lowest BCUT2D eigenvalue weighted by Crippen LogP contribution is -2.40. The molecule has 0 amide bonds. The normalized spacial score (nSPS) is 17.9. The second-order valence-corrected chi connectivity index (χ2v) is 8.33. The lowest BCUT2D eigenvalue weighted by molar-refractivity contribution is 0.160. The van der Waals surface area contributed by atoms with Crippen LogP contribution in [-0.4, -0.2) is 17.0 Å². The minimum absolute atomic E-state index is 0.125. The van der Waals surface area contributed by atoms with Crippen LogP contribution in [0.1, 0.15) is 36.2 Å². The van der Waals surface area contributed by atoms with Crippen LogP contribution in [0, 0.1) is 0 Å². The van der Waals surface area contributed by atoms with Gasteiger partial charge in [-0.05, 0) is 53.4 Å². The third-order valence-electron chi connectivity index (χ3n) is 3.96. The minimum atomic E-state index is 0.125. The van der Waals surface area contributed by atoms with Crippen LogP contribution in [-0.2, 0) is 6.54 Å². The van der Waals surface area contributed by atoms with Gasteiger partial charge >= 0.3 is 0 Å². The van der Waals surface area contributed by atoms with Gasteiger partial charge in [-0.25, -0.2) is 0 Å². The molecule has 2 unspecified atom stereocenters. The smallest absolute Gasteiger partial charge is 0.0702 e. The summed E-state index contributed by atoms with van der Waals surface area (Å²) in [5.74, 6) is 0. The van der Waals surface area contributed by atoms with Gasteiger partial charge in [0.15, 0.2) is 0 Å². The van der Waals surface area contributed by atoms with Gasteiger partial charge in [-0.2, -0.15) is 0 Å².